The highest BCUT2D eigenvalue weighted by Crippen LogP contribution is 2.42. The predicted molar refractivity (Wildman–Crippen MR) is 94.8 cm³/mol. The minimum atomic E-state index is -0.0375. The highest BCUT2D eigenvalue weighted by Gasteiger charge is 2.34. The van der Waals surface area contributed by atoms with E-state index in [2.05, 4.69) is 24.1 Å². The fourth-order valence-electron chi connectivity index (χ4n) is 3.46. The van der Waals surface area contributed by atoms with Crippen LogP contribution < -0.4 is 11.1 Å². The Morgan fingerprint density at radius 3 is 2.73 bits per heavy atom. The molecule has 1 fully saturated rings. The minimum absolute atomic E-state index is 0. The van der Waals surface area contributed by atoms with Crippen molar-refractivity contribution in [3.8, 4) is 0 Å². The summed E-state index contributed by atoms with van der Waals surface area (Å²) in [6.45, 7) is 5.89. The molecule has 1 aromatic rings. The van der Waals surface area contributed by atoms with E-state index >= 15 is 0 Å². The average molecular weight is 346 g/mol. The molecule has 6 heteroatoms. The molecule has 2 rings (SSSR count). The van der Waals surface area contributed by atoms with Gasteiger partial charge in [-0.1, -0.05) is 26.7 Å². The van der Waals surface area contributed by atoms with Crippen molar-refractivity contribution < 1.29 is 4.79 Å². The van der Waals surface area contributed by atoms with E-state index in [1.54, 1.807) is 0 Å². The van der Waals surface area contributed by atoms with Gasteiger partial charge in [0.2, 0.25) is 0 Å². The van der Waals surface area contributed by atoms with E-state index in [0.717, 1.165) is 18.0 Å². The molecule has 1 aromatic heterocycles. The van der Waals surface area contributed by atoms with E-state index in [1.165, 1.54) is 43.4 Å². The third kappa shape index (κ3) is 5.21. The lowest BCUT2D eigenvalue weighted by Crippen LogP contribution is -2.37. The normalized spacial score (nSPS) is 16.5. The summed E-state index contributed by atoms with van der Waals surface area (Å²) in [4.78, 5) is 16.6. The maximum Gasteiger partial charge on any atom is 0.270 e. The Bertz CT molecular complexity index is 470. The first-order valence-electron chi connectivity index (χ1n) is 7.97. The molecular formula is C16H28ClN3OS. The number of nitrogens with zero attached hydrogens (tertiary/aromatic N) is 1. The second-order valence-corrected chi connectivity index (χ2v) is 7.60. The first kappa shape index (κ1) is 19.4. The summed E-state index contributed by atoms with van der Waals surface area (Å²) in [6.07, 6.45) is 7.00. The van der Waals surface area contributed by atoms with Crippen LogP contribution in [0.2, 0.25) is 0 Å². The molecule has 1 aliphatic rings. The van der Waals surface area contributed by atoms with Gasteiger partial charge in [-0.05, 0) is 37.1 Å². The molecule has 126 valence electrons. The summed E-state index contributed by atoms with van der Waals surface area (Å²) in [5.74, 6) is 0.639. The van der Waals surface area contributed by atoms with Crippen molar-refractivity contribution in [2.24, 2.45) is 17.1 Å². The van der Waals surface area contributed by atoms with Crippen LogP contribution in [0.1, 0.15) is 61.4 Å². The van der Waals surface area contributed by atoms with Gasteiger partial charge in [-0.2, -0.15) is 0 Å². The summed E-state index contributed by atoms with van der Waals surface area (Å²) in [5, 5.41) is 5.90. The first-order valence-corrected chi connectivity index (χ1v) is 8.85. The molecule has 0 bridgehead atoms. The highest BCUT2D eigenvalue weighted by atomic mass is 35.5. The van der Waals surface area contributed by atoms with Crippen molar-refractivity contribution in [2.45, 2.75) is 52.4 Å². The van der Waals surface area contributed by atoms with Crippen LogP contribution in [-0.4, -0.2) is 24.0 Å². The van der Waals surface area contributed by atoms with Gasteiger partial charge in [0.25, 0.3) is 5.91 Å². The number of nitrogens with two attached hydrogens (primary N) is 1. The summed E-state index contributed by atoms with van der Waals surface area (Å²) >= 11 is 1.52. The van der Waals surface area contributed by atoms with Gasteiger partial charge in [0.05, 0.1) is 5.01 Å². The Morgan fingerprint density at radius 1 is 1.45 bits per heavy atom. The third-order valence-corrected chi connectivity index (χ3v) is 5.18. The average Bonchev–Trinajstić information content (AvgIpc) is 3.06. The SMILES string of the molecule is CC(C)CC1(CNC(=O)c2csc(CCN)n2)CCCC1.Cl. The molecular weight excluding hydrogens is 318 g/mol. The van der Waals surface area contributed by atoms with Crippen molar-refractivity contribution in [1.29, 1.82) is 0 Å². The molecule has 3 N–H and O–H groups in total. The molecule has 0 aromatic carbocycles. The quantitative estimate of drug-likeness (QED) is 0.795. The van der Waals surface area contributed by atoms with E-state index in [0.29, 0.717) is 23.6 Å². The molecule has 1 heterocycles. The Hall–Kier alpha value is -0.650. The lowest BCUT2D eigenvalue weighted by molar-refractivity contribution is 0.0917. The van der Waals surface area contributed by atoms with Gasteiger partial charge < -0.3 is 11.1 Å². The standard InChI is InChI=1S/C16H27N3OS.ClH/c1-12(2)9-16(6-3-4-7-16)11-18-15(20)13-10-21-14(19-13)5-8-17;/h10,12H,3-9,11,17H2,1-2H3,(H,18,20);1H. The minimum Gasteiger partial charge on any atom is -0.350 e. The number of thiazole rings is 1. The molecule has 0 radical (unpaired) electrons. The van der Waals surface area contributed by atoms with Gasteiger partial charge in [-0.3, -0.25) is 4.79 Å². The van der Waals surface area contributed by atoms with Crippen molar-refractivity contribution in [2.75, 3.05) is 13.1 Å². The lowest BCUT2D eigenvalue weighted by atomic mass is 9.78. The summed E-state index contributed by atoms with van der Waals surface area (Å²) in [5.41, 5.74) is 6.37. The van der Waals surface area contributed by atoms with Crippen LogP contribution in [0.25, 0.3) is 0 Å². The Balaban J connectivity index is 0.00000242. The lowest BCUT2D eigenvalue weighted by Gasteiger charge is -2.31. The zero-order valence-electron chi connectivity index (χ0n) is 13.6. The number of hydrogen-bond donors (Lipinski definition) is 2. The molecule has 0 spiro atoms. The van der Waals surface area contributed by atoms with E-state index in [1.807, 2.05) is 5.38 Å². The maximum atomic E-state index is 12.2. The number of amides is 1. The molecule has 0 unspecified atom stereocenters. The Labute approximate surface area is 143 Å². The van der Waals surface area contributed by atoms with Crippen molar-refractivity contribution in [3.63, 3.8) is 0 Å². The largest absolute Gasteiger partial charge is 0.350 e. The van der Waals surface area contributed by atoms with Gasteiger partial charge in [-0.15, -0.1) is 23.7 Å². The molecule has 4 nitrogen and oxygen atoms in total. The monoisotopic (exact) mass is 345 g/mol. The molecule has 1 amide bonds. The van der Waals surface area contributed by atoms with Gasteiger partial charge >= 0.3 is 0 Å². The van der Waals surface area contributed by atoms with Gasteiger partial charge in [0.1, 0.15) is 5.69 Å². The first-order chi connectivity index (χ1) is 10.0. The van der Waals surface area contributed by atoms with Crippen LogP contribution >= 0.6 is 23.7 Å². The second-order valence-electron chi connectivity index (χ2n) is 6.65. The molecule has 22 heavy (non-hydrogen) atoms. The zero-order valence-corrected chi connectivity index (χ0v) is 15.2. The number of halogens is 1. The van der Waals surface area contributed by atoms with Gasteiger partial charge in [0, 0.05) is 18.3 Å². The fraction of sp³-hybridized carbons (Fsp3) is 0.750. The topological polar surface area (TPSA) is 68.0 Å². The number of carbonyl (C=O) groups excluding carboxylic acids is 1. The Kier molecular flexibility index (Phi) is 7.80. The van der Waals surface area contributed by atoms with E-state index in [9.17, 15) is 4.79 Å². The predicted octanol–water partition coefficient (Wildman–Crippen LogP) is 3.40. The van der Waals surface area contributed by atoms with Crippen LogP contribution in [0.3, 0.4) is 0 Å². The van der Waals surface area contributed by atoms with Gasteiger partial charge in [0.15, 0.2) is 0 Å². The Morgan fingerprint density at radius 2 is 2.14 bits per heavy atom. The molecule has 0 atom stereocenters. The number of carbonyl (C=O) groups is 1. The van der Waals surface area contributed by atoms with Crippen LogP contribution in [-0.2, 0) is 6.42 Å². The van der Waals surface area contributed by atoms with E-state index in [-0.39, 0.29) is 18.3 Å². The van der Waals surface area contributed by atoms with E-state index in [4.69, 9.17) is 5.73 Å². The van der Waals surface area contributed by atoms with Crippen molar-refractivity contribution in [3.05, 3.63) is 16.1 Å². The third-order valence-electron chi connectivity index (χ3n) is 4.27. The molecule has 1 saturated carbocycles. The highest BCUT2D eigenvalue weighted by molar-refractivity contribution is 7.09. The fourth-order valence-corrected chi connectivity index (χ4v) is 4.25. The van der Waals surface area contributed by atoms with Crippen molar-refractivity contribution in [1.82, 2.24) is 10.3 Å². The molecule has 0 aliphatic heterocycles. The number of aromatic nitrogens is 1. The zero-order chi connectivity index (χ0) is 15.3. The van der Waals surface area contributed by atoms with Crippen molar-refractivity contribution >= 4 is 29.7 Å². The summed E-state index contributed by atoms with van der Waals surface area (Å²) < 4.78 is 0. The number of hydrogen-bond acceptors (Lipinski definition) is 4. The van der Waals surface area contributed by atoms with Crippen LogP contribution in [0.15, 0.2) is 5.38 Å². The summed E-state index contributed by atoms with van der Waals surface area (Å²) in [6, 6.07) is 0. The maximum absolute atomic E-state index is 12.2. The van der Waals surface area contributed by atoms with Crippen LogP contribution in [0, 0.1) is 11.3 Å². The molecule has 0 saturated heterocycles. The van der Waals surface area contributed by atoms with Crippen LogP contribution in [0.4, 0.5) is 0 Å². The number of rotatable bonds is 7. The molecule has 1 aliphatic carbocycles. The second kappa shape index (κ2) is 8.85. The smallest absolute Gasteiger partial charge is 0.270 e. The number of nitrogens with one attached hydrogen (secondary N) is 1. The summed E-state index contributed by atoms with van der Waals surface area (Å²) in [7, 11) is 0. The van der Waals surface area contributed by atoms with Gasteiger partial charge in [-0.25, -0.2) is 4.98 Å². The van der Waals surface area contributed by atoms with Crippen LogP contribution in [0.5, 0.6) is 0 Å². The van der Waals surface area contributed by atoms with E-state index < -0.39 is 0 Å².